The topological polar surface area (TPSA) is 12.0 Å². The van der Waals surface area contributed by atoms with Crippen LogP contribution in [-0.4, -0.2) is 12.6 Å². The van der Waals surface area contributed by atoms with Gasteiger partial charge in [0.15, 0.2) is 0 Å². The maximum Gasteiger partial charge on any atom is 0.00669 e. The molecule has 0 aromatic carbocycles. The SMILES string of the molecule is CCCCN[C@@H](C)C1CCCC1. The lowest BCUT2D eigenvalue weighted by molar-refractivity contribution is 0.380. The van der Waals surface area contributed by atoms with Crippen molar-refractivity contribution in [1.29, 1.82) is 0 Å². The van der Waals surface area contributed by atoms with E-state index in [9.17, 15) is 0 Å². The van der Waals surface area contributed by atoms with Gasteiger partial charge in [-0.15, -0.1) is 0 Å². The molecule has 1 aliphatic carbocycles. The van der Waals surface area contributed by atoms with Crippen LogP contribution in [0.5, 0.6) is 0 Å². The van der Waals surface area contributed by atoms with Gasteiger partial charge >= 0.3 is 0 Å². The largest absolute Gasteiger partial charge is 0.314 e. The van der Waals surface area contributed by atoms with Crippen molar-refractivity contribution in [3.63, 3.8) is 0 Å². The van der Waals surface area contributed by atoms with Crippen molar-refractivity contribution in [2.24, 2.45) is 5.92 Å². The highest BCUT2D eigenvalue weighted by Crippen LogP contribution is 2.27. The zero-order chi connectivity index (χ0) is 8.81. The molecule has 1 N–H and O–H groups in total. The molecule has 0 spiro atoms. The zero-order valence-corrected chi connectivity index (χ0v) is 8.60. The van der Waals surface area contributed by atoms with Gasteiger partial charge in [0.2, 0.25) is 0 Å². The summed E-state index contributed by atoms with van der Waals surface area (Å²) in [5.41, 5.74) is 0. The first-order chi connectivity index (χ1) is 5.84. The van der Waals surface area contributed by atoms with Crippen LogP contribution in [-0.2, 0) is 0 Å². The number of hydrogen-bond donors (Lipinski definition) is 1. The summed E-state index contributed by atoms with van der Waals surface area (Å²) in [5.74, 6) is 0.974. The first kappa shape index (κ1) is 10.0. The molecule has 1 atom stereocenters. The smallest absolute Gasteiger partial charge is 0.00669 e. The summed E-state index contributed by atoms with van der Waals surface area (Å²) in [4.78, 5) is 0. The van der Waals surface area contributed by atoms with Gasteiger partial charge in [0.1, 0.15) is 0 Å². The Kier molecular flexibility index (Phi) is 4.67. The van der Waals surface area contributed by atoms with Crippen molar-refractivity contribution >= 4 is 0 Å². The monoisotopic (exact) mass is 169 g/mol. The van der Waals surface area contributed by atoms with E-state index in [1.807, 2.05) is 0 Å². The fraction of sp³-hybridized carbons (Fsp3) is 1.00. The number of unbranched alkanes of at least 4 members (excludes halogenated alkanes) is 1. The van der Waals surface area contributed by atoms with E-state index in [1.165, 1.54) is 45.1 Å². The van der Waals surface area contributed by atoms with Gasteiger partial charge in [0.05, 0.1) is 0 Å². The molecule has 0 bridgehead atoms. The average Bonchev–Trinajstić information content (AvgIpc) is 2.56. The summed E-state index contributed by atoms with van der Waals surface area (Å²) in [5, 5.41) is 3.63. The Morgan fingerprint density at radius 3 is 2.58 bits per heavy atom. The Balaban J connectivity index is 2.05. The minimum absolute atomic E-state index is 0.763. The van der Waals surface area contributed by atoms with E-state index < -0.39 is 0 Å². The second-order valence-electron chi connectivity index (χ2n) is 4.14. The molecule has 1 fully saturated rings. The lowest BCUT2D eigenvalue weighted by Crippen LogP contribution is -2.32. The molecular weight excluding hydrogens is 146 g/mol. The summed E-state index contributed by atoms with van der Waals surface area (Å²) in [6.45, 7) is 5.82. The van der Waals surface area contributed by atoms with E-state index in [1.54, 1.807) is 0 Å². The Hall–Kier alpha value is -0.0400. The molecule has 0 saturated heterocycles. The van der Waals surface area contributed by atoms with Crippen LogP contribution in [0.1, 0.15) is 52.4 Å². The van der Waals surface area contributed by atoms with Crippen molar-refractivity contribution in [3.8, 4) is 0 Å². The van der Waals surface area contributed by atoms with Gasteiger partial charge in [-0.25, -0.2) is 0 Å². The summed E-state index contributed by atoms with van der Waals surface area (Å²) in [6.07, 6.45) is 8.48. The quantitative estimate of drug-likeness (QED) is 0.624. The van der Waals surface area contributed by atoms with Crippen LogP contribution in [0, 0.1) is 5.92 Å². The van der Waals surface area contributed by atoms with E-state index in [4.69, 9.17) is 0 Å². The van der Waals surface area contributed by atoms with Gasteiger partial charge in [-0.3, -0.25) is 0 Å². The van der Waals surface area contributed by atoms with Crippen LogP contribution in [0.25, 0.3) is 0 Å². The minimum atomic E-state index is 0.763. The van der Waals surface area contributed by atoms with E-state index in [-0.39, 0.29) is 0 Å². The molecule has 12 heavy (non-hydrogen) atoms. The van der Waals surface area contributed by atoms with E-state index in [0.717, 1.165) is 12.0 Å². The third kappa shape index (κ3) is 3.14. The minimum Gasteiger partial charge on any atom is -0.314 e. The van der Waals surface area contributed by atoms with Gasteiger partial charge in [-0.05, 0) is 38.6 Å². The molecule has 0 aromatic rings. The maximum absolute atomic E-state index is 3.63. The van der Waals surface area contributed by atoms with Crippen molar-refractivity contribution in [2.45, 2.75) is 58.4 Å². The zero-order valence-electron chi connectivity index (χ0n) is 8.60. The van der Waals surface area contributed by atoms with Crippen LogP contribution in [0.4, 0.5) is 0 Å². The summed E-state index contributed by atoms with van der Waals surface area (Å²) in [7, 11) is 0. The fourth-order valence-electron chi connectivity index (χ4n) is 2.13. The summed E-state index contributed by atoms with van der Waals surface area (Å²) >= 11 is 0. The summed E-state index contributed by atoms with van der Waals surface area (Å²) < 4.78 is 0. The lowest BCUT2D eigenvalue weighted by Gasteiger charge is -2.20. The highest BCUT2D eigenvalue weighted by atomic mass is 14.9. The van der Waals surface area contributed by atoms with Crippen LogP contribution in [0.15, 0.2) is 0 Å². The molecular formula is C11H23N. The fourth-order valence-corrected chi connectivity index (χ4v) is 2.13. The molecule has 0 aliphatic heterocycles. The van der Waals surface area contributed by atoms with Gasteiger partial charge in [-0.1, -0.05) is 26.2 Å². The predicted molar refractivity (Wildman–Crippen MR) is 54.3 cm³/mol. The van der Waals surface area contributed by atoms with Crippen LogP contribution in [0.2, 0.25) is 0 Å². The molecule has 1 aliphatic rings. The standard InChI is InChI=1S/C11H23N/c1-3-4-9-12-10(2)11-7-5-6-8-11/h10-12H,3-9H2,1-2H3/t10-/m0/s1. The van der Waals surface area contributed by atoms with Crippen molar-refractivity contribution < 1.29 is 0 Å². The molecule has 1 nitrogen and oxygen atoms in total. The number of nitrogens with one attached hydrogen (secondary N) is 1. The molecule has 0 aromatic heterocycles. The first-order valence-electron chi connectivity index (χ1n) is 5.58. The summed E-state index contributed by atoms with van der Waals surface area (Å²) in [6, 6.07) is 0.763. The maximum atomic E-state index is 3.63. The van der Waals surface area contributed by atoms with Crippen LogP contribution in [0.3, 0.4) is 0 Å². The highest BCUT2D eigenvalue weighted by Gasteiger charge is 2.20. The van der Waals surface area contributed by atoms with E-state index in [0.29, 0.717) is 0 Å². The second-order valence-corrected chi connectivity index (χ2v) is 4.14. The number of hydrogen-bond acceptors (Lipinski definition) is 1. The molecule has 0 amide bonds. The Labute approximate surface area is 76.9 Å². The Morgan fingerprint density at radius 1 is 1.33 bits per heavy atom. The first-order valence-corrected chi connectivity index (χ1v) is 5.58. The molecule has 1 rings (SSSR count). The normalized spacial score (nSPS) is 21.5. The Morgan fingerprint density at radius 2 is 2.00 bits per heavy atom. The van der Waals surface area contributed by atoms with Crippen molar-refractivity contribution in [1.82, 2.24) is 5.32 Å². The second kappa shape index (κ2) is 5.58. The molecule has 72 valence electrons. The molecule has 0 heterocycles. The lowest BCUT2D eigenvalue weighted by atomic mass is 10.00. The molecule has 0 radical (unpaired) electrons. The van der Waals surface area contributed by atoms with Crippen LogP contribution < -0.4 is 5.32 Å². The average molecular weight is 169 g/mol. The van der Waals surface area contributed by atoms with Gasteiger partial charge in [0, 0.05) is 6.04 Å². The van der Waals surface area contributed by atoms with Crippen molar-refractivity contribution in [2.75, 3.05) is 6.54 Å². The van der Waals surface area contributed by atoms with Gasteiger partial charge in [0.25, 0.3) is 0 Å². The highest BCUT2D eigenvalue weighted by molar-refractivity contribution is 4.76. The van der Waals surface area contributed by atoms with Gasteiger partial charge < -0.3 is 5.32 Å². The van der Waals surface area contributed by atoms with E-state index in [2.05, 4.69) is 19.2 Å². The van der Waals surface area contributed by atoms with Crippen molar-refractivity contribution in [3.05, 3.63) is 0 Å². The number of rotatable bonds is 5. The third-order valence-electron chi connectivity index (χ3n) is 3.10. The third-order valence-corrected chi connectivity index (χ3v) is 3.10. The van der Waals surface area contributed by atoms with Gasteiger partial charge in [-0.2, -0.15) is 0 Å². The molecule has 1 heteroatoms. The molecule has 0 unspecified atom stereocenters. The predicted octanol–water partition coefficient (Wildman–Crippen LogP) is 2.95. The van der Waals surface area contributed by atoms with E-state index >= 15 is 0 Å². The van der Waals surface area contributed by atoms with Crippen LogP contribution >= 0.6 is 0 Å². The Bertz CT molecular complexity index is 106. The molecule has 1 saturated carbocycles.